The summed E-state index contributed by atoms with van der Waals surface area (Å²) in [6.07, 6.45) is 1.53. The molecule has 0 atom stereocenters. The van der Waals surface area contributed by atoms with Gasteiger partial charge in [-0.3, -0.25) is 4.79 Å². The first-order valence-electron chi connectivity index (χ1n) is 5.47. The van der Waals surface area contributed by atoms with Crippen molar-refractivity contribution >= 4 is 17.3 Å². The van der Waals surface area contributed by atoms with Crippen molar-refractivity contribution in [3.63, 3.8) is 0 Å². The van der Waals surface area contributed by atoms with Gasteiger partial charge in [0.1, 0.15) is 5.02 Å². The summed E-state index contributed by atoms with van der Waals surface area (Å²) in [4.78, 5) is 13.7. The number of rotatable bonds is 6. The maximum absolute atomic E-state index is 11.8. The lowest BCUT2D eigenvalue weighted by atomic mass is 10.3. The van der Waals surface area contributed by atoms with Crippen molar-refractivity contribution < 1.29 is 5.11 Å². The number of aliphatic hydroxyl groups is 1. The maximum atomic E-state index is 11.8. The first-order valence-corrected chi connectivity index (χ1v) is 5.85. The SMILES string of the molecule is CCN(CCN)c1cnn(CCO)c(=O)c1Cl. The third kappa shape index (κ3) is 3.18. The Kier molecular flexibility index (Phi) is 5.40. The zero-order valence-corrected chi connectivity index (χ0v) is 10.5. The van der Waals surface area contributed by atoms with E-state index < -0.39 is 5.56 Å². The second kappa shape index (κ2) is 6.58. The third-order valence-electron chi connectivity index (χ3n) is 2.40. The van der Waals surface area contributed by atoms with Gasteiger partial charge in [0.25, 0.3) is 5.56 Å². The average Bonchev–Trinajstić information content (AvgIpc) is 2.33. The number of halogens is 1. The van der Waals surface area contributed by atoms with Crippen LogP contribution in [0.4, 0.5) is 5.69 Å². The highest BCUT2D eigenvalue weighted by atomic mass is 35.5. The molecule has 0 fully saturated rings. The Labute approximate surface area is 105 Å². The van der Waals surface area contributed by atoms with Gasteiger partial charge in [-0.05, 0) is 6.92 Å². The summed E-state index contributed by atoms with van der Waals surface area (Å²) in [6.45, 7) is 3.73. The number of nitrogens with zero attached hydrogens (tertiary/aromatic N) is 3. The van der Waals surface area contributed by atoms with Gasteiger partial charge in [0.15, 0.2) is 0 Å². The molecule has 96 valence electrons. The van der Waals surface area contributed by atoms with Crippen LogP contribution in [-0.4, -0.2) is 41.1 Å². The standard InChI is InChI=1S/C10H17ClN4O2/c1-2-14(4-3-12)8-7-13-15(5-6-16)10(17)9(8)11/h7,16H,2-6,12H2,1H3. The smallest absolute Gasteiger partial charge is 0.287 e. The van der Waals surface area contributed by atoms with Gasteiger partial charge in [0.2, 0.25) is 0 Å². The van der Waals surface area contributed by atoms with Crippen LogP contribution in [0.25, 0.3) is 0 Å². The highest BCUT2D eigenvalue weighted by Crippen LogP contribution is 2.20. The topological polar surface area (TPSA) is 84.4 Å². The summed E-state index contributed by atoms with van der Waals surface area (Å²) in [5.74, 6) is 0. The summed E-state index contributed by atoms with van der Waals surface area (Å²) >= 11 is 6.01. The molecule has 0 saturated carbocycles. The van der Waals surface area contributed by atoms with Crippen LogP contribution in [0, 0.1) is 0 Å². The maximum Gasteiger partial charge on any atom is 0.287 e. The van der Waals surface area contributed by atoms with Crippen molar-refractivity contribution in [3.05, 3.63) is 21.6 Å². The molecule has 17 heavy (non-hydrogen) atoms. The van der Waals surface area contributed by atoms with Crippen LogP contribution in [-0.2, 0) is 6.54 Å². The first kappa shape index (κ1) is 14.0. The normalized spacial score (nSPS) is 10.6. The van der Waals surface area contributed by atoms with Gasteiger partial charge < -0.3 is 15.7 Å². The number of hydrogen-bond acceptors (Lipinski definition) is 5. The summed E-state index contributed by atoms with van der Waals surface area (Å²) in [7, 11) is 0. The zero-order valence-electron chi connectivity index (χ0n) is 9.77. The van der Waals surface area contributed by atoms with Gasteiger partial charge in [-0.15, -0.1) is 0 Å². The molecule has 0 unspecified atom stereocenters. The van der Waals surface area contributed by atoms with Gasteiger partial charge in [-0.1, -0.05) is 11.6 Å². The fourth-order valence-corrected chi connectivity index (χ4v) is 1.80. The summed E-state index contributed by atoms with van der Waals surface area (Å²) in [5.41, 5.74) is 5.67. The first-order chi connectivity index (χ1) is 8.15. The molecule has 0 radical (unpaired) electrons. The second-order valence-corrected chi connectivity index (χ2v) is 3.84. The van der Waals surface area contributed by atoms with E-state index in [1.807, 2.05) is 11.8 Å². The van der Waals surface area contributed by atoms with Crippen molar-refractivity contribution in [2.24, 2.45) is 5.73 Å². The lowest BCUT2D eigenvalue weighted by Crippen LogP contribution is -2.33. The number of aliphatic hydroxyl groups excluding tert-OH is 1. The van der Waals surface area contributed by atoms with E-state index in [1.54, 1.807) is 0 Å². The molecule has 0 saturated heterocycles. The predicted octanol–water partition coefficient (Wildman–Crippen LogP) is -0.326. The Hall–Kier alpha value is -1.11. The Bertz CT molecular complexity index is 421. The van der Waals surface area contributed by atoms with E-state index in [2.05, 4.69) is 5.10 Å². The molecule has 0 spiro atoms. The quantitative estimate of drug-likeness (QED) is 0.732. The van der Waals surface area contributed by atoms with E-state index in [9.17, 15) is 4.79 Å². The van der Waals surface area contributed by atoms with Crippen molar-refractivity contribution in [2.45, 2.75) is 13.5 Å². The molecule has 0 amide bonds. The number of aromatic nitrogens is 2. The van der Waals surface area contributed by atoms with E-state index in [4.69, 9.17) is 22.4 Å². The molecule has 0 aromatic carbocycles. The molecule has 1 aromatic rings. The summed E-state index contributed by atoms with van der Waals surface area (Å²) in [5, 5.41) is 12.8. The lowest BCUT2D eigenvalue weighted by Gasteiger charge is -2.22. The van der Waals surface area contributed by atoms with Gasteiger partial charge in [-0.2, -0.15) is 5.10 Å². The minimum Gasteiger partial charge on any atom is -0.394 e. The van der Waals surface area contributed by atoms with Gasteiger partial charge in [0, 0.05) is 19.6 Å². The highest BCUT2D eigenvalue weighted by molar-refractivity contribution is 6.33. The van der Waals surface area contributed by atoms with E-state index in [1.165, 1.54) is 6.20 Å². The molecule has 6 nitrogen and oxygen atoms in total. The van der Waals surface area contributed by atoms with Gasteiger partial charge in [-0.25, -0.2) is 4.68 Å². The van der Waals surface area contributed by atoms with E-state index in [0.717, 1.165) is 4.68 Å². The fraction of sp³-hybridized carbons (Fsp3) is 0.600. The summed E-state index contributed by atoms with van der Waals surface area (Å²) < 4.78 is 1.14. The monoisotopic (exact) mass is 260 g/mol. The minimum atomic E-state index is -0.395. The Morgan fingerprint density at radius 3 is 2.88 bits per heavy atom. The minimum absolute atomic E-state index is 0.115. The van der Waals surface area contributed by atoms with E-state index in [-0.39, 0.29) is 18.2 Å². The molecule has 3 N–H and O–H groups in total. The summed E-state index contributed by atoms with van der Waals surface area (Å²) in [6, 6.07) is 0. The van der Waals surface area contributed by atoms with Crippen LogP contribution in [0.5, 0.6) is 0 Å². The van der Waals surface area contributed by atoms with Crippen molar-refractivity contribution in [1.29, 1.82) is 0 Å². The van der Waals surface area contributed by atoms with Crippen LogP contribution in [0.3, 0.4) is 0 Å². The lowest BCUT2D eigenvalue weighted by molar-refractivity contribution is 0.266. The van der Waals surface area contributed by atoms with Crippen molar-refractivity contribution in [1.82, 2.24) is 9.78 Å². The second-order valence-electron chi connectivity index (χ2n) is 3.46. The molecule has 1 heterocycles. The number of anilines is 1. The third-order valence-corrected chi connectivity index (χ3v) is 2.76. The van der Waals surface area contributed by atoms with Crippen molar-refractivity contribution in [2.75, 3.05) is 31.1 Å². The number of nitrogens with two attached hydrogens (primary N) is 1. The molecule has 1 rings (SSSR count). The Balaban J connectivity index is 3.10. The molecular formula is C10H17ClN4O2. The van der Waals surface area contributed by atoms with Gasteiger partial charge in [0.05, 0.1) is 25.0 Å². The van der Waals surface area contributed by atoms with Crippen molar-refractivity contribution in [3.8, 4) is 0 Å². The largest absolute Gasteiger partial charge is 0.394 e. The average molecular weight is 261 g/mol. The molecule has 0 aliphatic rings. The van der Waals surface area contributed by atoms with Crippen LogP contribution in [0.2, 0.25) is 5.02 Å². The molecule has 1 aromatic heterocycles. The molecular weight excluding hydrogens is 244 g/mol. The Morgan fingerprint density at radius 2 is 2.35 bits per heavy atom. The highest BCUT2D eigenvalue weighted by Gasteiger charge is 2.13. The molecule has 0 aliphatic carbocycles. The molecule has 0 aliphatic heterocycles. The van der Waals surface area contributed by atoms with Crippen LogP contribution in [0.15, 0.2) is 11.0 Å². The van der Waals surface area contributed by atoms with E-state index in [0.29, 0.717) is 25.3 Å². The molecule has 0 bridgehead atoms. The predicted molar refractivity (Wildman–Crippen MR) is 67.5 cm³/mol. The fourth-order valence-electron chi connectivity index (χ4n) is 1.54. The number of hydrogen-bond donors (Lipinski definition) is 2. The Morgan fingerprint density at radius 1 is 1.65 bits per heavy atom. The van der Waals surface area contributed by atoms with Gasteiger partial charge >= 0.3 is 0 Å². The van der Waals surface area contributed by atoms with Crippen LogP contribution < -0.4 is 16.2 Å². The number of likely N-dealkylation sites (N-methyl/N-ethyl adjacent to an activating group) is 1. The zero-order chi connectivity index (χ0) is 12.8. The van der Waals surface area contributed by atoms with Crippen LogP contribution in [0.1, 0.15) is 6.92 Å². The molecule has 7 heteroatoms. The van der Waals surface area contributed by atoms with E-state index >= 15 is 0 Å². The van der Waals surface area contributed by atoms with Crippen LogP contribution >= 0.6 is 11.6 Å².